The molecule has 0 aliphatic heterocycles. The van der Waals surface area contributed by atoms with Gasteiger partial charge in [0.1, 0.15) is 6.04 Å². The molecule has 0 aliphatic carbocycles. The zero-order valence-corrected chi connectivity index (χ0v) is 9.16. The number of aliphatic carboxylic acids is 1. The fraction of sp³-hybridized carbons (Fsp3) is 0.250. The summed E-state index contributed by atoms with van der Waals surface area (Å²) in [6.45, 7) is 0. The Morgan fingerprint density at radius 3 is 2.33 bits per heavy atom. The highest BCUT2D eigenvalue weighted by atomic mass is 19.4. The standard InChI is InChI=1S/C12H10F3NO2/c13-12(14,15)9-6-4-8(5-7-9)2-1-3-10(16)11(17)18/h4-7,10H,3,16H2,(H,17,18)/t10-/m0/s1. The molecule has 0 fully saturated rings. The van der Waals surface area contributed by atoms with Crippen molar-refractivity contribution < 1.29 is 23.1 Å². The Labute approximate surface area is 101 Å². The van der Waals surface area contributed by atoms with Crippen molar-refractivity contribution in [1.82, 2.24) is 0 Å². The number of carboxylic acid groups (broad SMARTS) is 1. The van der Waals surface area contributed by atoms with Crippen LogP contribution in [-0.2, 0) is 11.0 Å². The van der Waals surface area contributed by atoms with Crippen molar-refractivity contribution in [2.24, 2.45) is 5.73 Å². The predicted octanol–water partition coefficient (Wildman–Crippen LogP) is 1.86. The van der Waals surface area contributed by atoms with Crippen LogP contribution < -0.4 is 5.73 Å². The minimum absolute atomic E-state index is 0.0592. The number of carbonyl (C=O) groups is 1. The summed E-state index contributed by atoms with van der Waals surface area (Å²) in [6, 6.07) is 3.19. The predicted molar refractivity (Wildman–Crippen MR) is 58.6 cm³/mol. The summed E-state index contributed by atoms with van der Waals surface area (Å²) < 4.78 is 36.7. The number of halogens is 3. The molecule has 96 valence electrons. The molecule has 3 nitrogen and oxygen atoms in total. The summed E-state index contributed by atoms with van der Waals surface area (Å²) in [7, 11) is 0. The molecule has 0 radical (unpaired) electrons. The Kier molecular flexibility index (Phi) is 4.34. The van der Waals surface area contributed by atoms with Gasteiger partial charge in [-0.3, -0.25) is 4.79 Å². The summed E-state index contributed by atoms with van der Waals surface area (Å²) in [5.74, 6) is 3.88. The summed E-state index contributed by atoms with van der Waals surface area (Å²) >= 11 is 0. The number of nitrogens with two attached hydrogens (primary N) is 1. The molecule has 0 aliphatic rings. The highest BCUT2D eigenvalue weighted by Crippen LogP contribution is 2.28. The third-order valence-electron chi connectivity index (χ3n) is 2.08. The molecule has 1 rings (SSSR count). The average molecular weight is 257 g/mol. The third-order valence-corrected chi connectivity index (χ3v) is 2.08. The minimum atomic E-state index is -4.38. The lowest BCUT2D eigenvalue weighted by Gasteiger charge is -2.05. The number of carboxylic acids is 1. The number of hydrogen-bond donors (Lipinski definition) is 2. The maximum absolute atomic E-state index is 12.2. The number of benzene rings is 1. The maximum Gasteiger partial charge on any atom is 0.416 e. The monoisotopic (exact) mass is 257 g/mol. The van der Waals surface area contributed by atoms with E-state index in [4.69, 9.17) is 10.8 Å². The molecule has 0 unspecified atom stereocenters. The Hall–Kier alpha value is -2.00. The van der Waals surface area contributed by atoms with Crippen LogP contribution in [0.4, 0.5) is 13.2 Å². The van der Waals surface area contributed by atoms with Gasteiger partial charge in [0, 0.05) is 12.0 Å². The molecule has 0 aromatic heterocycles. The van der Waals surface area contributed by atoms with E-state index in [9.17, 15) is 18.0 Å². The number of alkyl halides is 3. The Bertz CT molecular complexity index is 483. The molecule has 0 spiro atoms. The molecule has 0 heterocycles. The fourth-order valence-corrected chi connectivity index (χ4v) is 1.09. The van der Waals surface area contributed by atoms with Crippen molar-refractivity contribution >= 4 is 5.97 Å². The lowest BCUT2D eigenvalue weighted by molar-refractivity contribution is -0.138. The van der Waals surface area contributed by atoms with Crippen LogP contribution in [0.2, 0.25) is 0 Å². The minimum Gasteiger partial charge on any atom is -0.480 e. The fourth-order valence-electron chi connectivity index (χ4n) is 1.09. The molecule has 1 atom stereocenters. The zero-order chi connectivity index (χ0) is 13.8. The third kappa shape index (κ3) is 4.11. The van der Waals surface area contributed by atoms with Gasteiger partial charge in [0.05, 0.1) is 5.56 Å². The van der Waals surface area contributed by atoms with Gasteiger partial charge in [-0.1, -0.05) is 11.8 Å². The molecular formula is C12H10F3NO2. The summed E-state index contributed by atoms with van der Waals surface area (Å²) in [5, 5.41) is 8.49. The first-order valence-corrected chi connectivity index (χ1v) is 4.95. The molecule has 0 saturated heterocycles. The second-order valence-electron chi connectivity index (χ2n) is 3.53. The van der Waals surface area contributed by atoms with Gasteiger partial charge in [-0.05, 0) is 24.3 Å². The maximum atomic E-state index is 12.2. The molecule has 1 aromatic rings. The van der Waals surface area contributed by atoms with Gasteiger partial charge >= 0.3 is 12.1 Å². The number of rotatable bonds is 2. The molecular weight excluding hydrogens is 247 g/mol. The smallest absolute Gasteiger partial charge is 0.416 e. The Morgan fingerprint density at radius 2 is 1.89 bits per heavy atom. The molecule has 18 heavy (non-hydrogen) atoms. The van der Waals surface area contributed by atoms with E-state index in [0.717, 1.165) is 12.1 Å². The molecule has 0 amide bonds. The molecule has 0 bridgehead atoms. The van der Waals surface area contributed by atoms with Crippen LogP contribution in [0.3, 0.4) is 0 Å². The van der Waals surface area contributed by atoms with Crippen molar-refractivity contribution in [1.29, 1.82) is 0 Å². The van der Waals surface area contributed by atoms with Gasteiger partial charge in [0.25, 0.3) is 0 Å². The SMILES string of the molecule is N[C@@H](CC#Cc1ccc(C(F)(F)F)cc1)C(=O)O. The summed E-state index contributed by atoms with van der Waals surface area (Å²) in [6.07, 6.45) is -4.44. The molecule has 0 saturated carbocycles. The Balaban J connectivity index is 2.70. The van der Waals surface area contributed by atoms with Crippen molar-refractivity contribution in [3.05, 3.63) is 35.4 Å². The van der Waals surface area contributed by atoms with Crippen molar-refractivity contribution in [3.8, 4) is 11.8 Å². The topological polar surface area (TPSA) is 63.3 Å². The van der Waals surface area contributed by atoms with Gasteiger partial charge in [0.15, 0.2) is 0 Å². The van der Waals surface area contributed by atoms with E-state index in [1.54, 1.807) is 0 Å². The van der Waals surface area contributed by atoms with Crippen LogP contribution in [0, 0.1) is 11.8 Å². The van der Waals surface area contributed by atoms with Crippen LogP contribution in [-0.4, -0.2) is 17.1 Å². The van der Waals surface area contributed by atoms with Crippen LogP contribution in [0.25, 0.3) is 0 Å². The van der Waals surface area contributed by atoms with Crippen LogP contribution >= 0.6 is 0 Å². The Morgan fingerprint density at radius 1 is 1.33 bits per heavy atom. The quantitative estimate of drug-likeness (QED) is 0.795. The molecule has 1 aromatic carbocycles. The van der Waals surface area contributed by atoms with Crippen molar-refractivity contribution in [3.63, 3.8) is 0 Å². The van der Waals surface area contributed by atoms with E-state index >= 15 is 0 Å². The lowest BCUT2D eigenvalue weighted by Crippen LogP contribution is -2.29. The van der Waals surface area contributed by atoms with Crippen molar-refractivity contribution in [2.75, 3.05) is 0 Å². The van der Waals surface area contributed by atoms with Gasteiger partial charge in [-0.15, -0.1) is 0 Å². The van der Waals surface area contributed by atoms with E-state index in [-0.39, 0.29) is 6.42 Å². The van der Waals surface area contributed by atoms with Gasteiger partial charge in [-0.25, -0.2) is 0 Å². The van der Waals surface area contributed by atoms with Crippen molar-refractivity contribution in [2.45, 2.75) is 18.6 Å². The van der Waals surface area contributed by atoms with E-state index in [1.807, 2.05) is 0 Å². The van der Waals surface area contributed by atoms with Crippen LogP contribution in [0.1, 0.15) is 17.5 Å². The second-order valence-corrected chi connectivity index (χ2v) is 3.53. The van der Waals surface area contributed by atoms with E-state index in [1.165, 1.54) is 12.1 Å². The second kappa shape index (κ2) is 5.56. The van der Waals surface area contributed by atoms with E-state index in [0.29, 0.717) is 5.56 Å². The summed E-state index contributed by atoms with van der Waals surface area (Å²) in [5.41, 5.74) is 4.83. The van der Waals surface area contributed by atoms with E-state index < -0.39 is 23.8 Å². The first-order chi connectivity index (χ1) is 8.30. The van der Waals surface area contributed by atoms with Gasteiger partial charge in [-0.2, -0.15) is 13.2 Å². The van der Waals surface area contributed by atoms with Gasteiger partial charge in [0.2, 0.25) is 0 Å². The first kappa shape index (κ1) is 14.1. The van der Waals surface area contributed by atoms with Crippen LogP contribution in [0.5, 0.6) is 0 Å². The normalized spacial score (nSPS) is 12.4. The highest BCUT2D eigenvalue weighted by molar-refractivity contribution is 5.73. The van der Waals surface area contributed by atoms with Gasteiger partial charge < -0.3 is 10.8 Å². The highest BCUT2D eigenvalue weighted by Gasteiger charge is 2.29. The largest absolute Gasteiger partial charge is 0.480 e. The zero-order valence-electron chi connectivity index (χ0n) is 9.16. The molecule has 3 N–H and O–H groups in total. The summed E-state index contributed by atoms with van der Waals surface area (Å²) in [4.78, 5) is 10.4. The average Bonchev–Trinajstić information content (AvgIpc) is 2.28. The first-order valence-electron chi connectivity index (χ1n) is 4.95. The molecule has 6 heteroatoms. The lowest BCUT2D eigenvalue weighted by atomic mass is 10.1. The van der Waals surface area contributed by atoms with E-state index in [2.05, 4.69) is 11.8 Å². The number of hydrogen-bond acceptors (Lipinski definition) is 2. The van der Waals surface area contributed by atoms with Crippen LogP contribution in [0.15, 0.2) is 24.3 Å².